The summed E-state index contributed by atoms with van der Waals surface area (Å²) < 4.78 is 0. The van der Waals surface area contributed by atoms with Crippen molar-refractivity contribution in [2.75, 3.05) is 18.4 Å². The van der Waals surface area contributed by atoms with E-state index in [0.29, 0.717) is 23.0 Å². The number of pyridine rings is 1. The Bertz CT molecular complexity index is 832. The van der Waals surface area contributed by atoms with Gasteiger partial charge in [0.25, 0.3) is 11.8 Å². The van der Waals surface area contributed by atoms with Crippen LogP contribution in [0.5, 0.6) is 0 Å². The molecule has 1 unspecified atom stereocenters. The number of nitrogens with one attached hydrogen (secondary N) is 1. The summed E-state index contributed by atoms with van der Waals surface area (Å²) in [5, 5.41) is 2.96. The summed E-state index contributed by atoms with van der Waals surface area (Å²) in [7, 11) is 0. The number of piperidine rings is 1. The van der Waals surface area contributed by atoms with Crippen molar-refractivity contribution in [3.05, 3.63) is 59.4 Å². The second kappa shape index (κ2) is 8.33. The number of para-hydroxylation sites is 1. The molecule has 0 bridgehead atoms. The SMILES string of the molecule is CC1CCCN(C(=O)c2cncc(C(=O)Nc3ccccc3C(C)C)c2)C1. The first-order valence-corrected chi connectivity index (χ1v) is 9.60. The normalized spacial score (nSPS) is 17.0. The number of benzene rings is 1. The van der Waals surface area contributed by atoms with E-state index in [-0.39, 0.29) is 11.8 Å². The molecule has 2 heterocycles. The van der Waals surface area contributed by atoms with Crippen LogP contribution in [0.4, 0.5) is 5.69 Å². The Hall–Kier alpha value is -2.69. The number of aromatic nitrogens is 1. The van der Waals surface area contributed by atoms with Crippen molar-refractivity contribution in [3.63, 3.8) is 0 Å². The van der Waals surface area contributed by atoms with Crippen molar-refractivity contribution in [1.82, 2.24) is 9.88 Å². The lowest BCUT2D eigenvalue weighted by Gasteiger charge is -2.31. The Kier molecular flexibility index (Phi) is 5.89. The average Bonchev–Trinajstić information content (AvgIpc) is 2.67. The zero-order valence-corrected chi connectivity index (χ0v) is 16.2. The summed E-state index contributed by atoms with van der Waals surface area (Å²) in [6.07, 6.45) is 5.22. The molecule has 0 radical (unpaired) electrons. The molecule has 2 aromatic rings. The lowest BCUT2D eigenvalue weighted by molar-refractivity contribution is 0.0682. The molecule has 1 aromatic carbocycles. The number of likely N-dealkylation sites (tertiary alicyclic amines) is 1. The summed E-state index contributed by atoms with van der Waals surface area (Å²) in [4.78, 5) is 31.5. The van der Waals surface area contributed by atoms with Crippen molar-refractivity contribution in [2.45, 2.75) is 39.5 Å². The largest absolute Gasteiger partial charge is 0.338 e. The van der Waals surface area contributed by atoms with Crippen molar-refractivity contribution in [3.8, 4) is 0 Å². The molecule has 142 valence electrons. The zero-order chi connectivity index (χ0) is 19.4. The molecule has 1 atom stereocenters. The monoisotopic (exact) mass is 365 g/mol. The van der Waals surface area contributed by atoms with E-state index in [9.17, 15) is 9.59 Å². The summed E-state index contributed by atoms with van der Waals surface area (Å²) in [6.45, 7) is 7.86. The molecule has 0 aliphatic carbocycles. The predicted octanol–water partition coefficient (Wildman–Crippen LogP) is 4.33. The minimum atomic E-state index is -0.253. The van der Waals surface area contributed by atoms with Crippen LogP contribution in [0.2, 0.25) is 0 Å². The molecule has 1 fully saturated rings. The van der Waals surface area contributed by atoms with Gasteiger partial charge in [-0.2, -0.15) is 0 Å². The first kappa shape index (κ1) is 19.1. The molecule has 2 amide bonds. The van der Waals surface area contributed by atoms with Crippen LogP contribution in [0.15, 0.2) is 42.7 Å². The molecule has 1 aromatic heterocycles. The Balaban J connectivity index is 1.77. The van der Waals surface area contributed by atoms with Crippen LogP contribution in [0.3, 0.4) is 0 Å². The van der Waals surface area contributed by atoms with E-state index in [1.807, 2.05) is 29.2 Å². The maximum absolute atomic E-state index is 12.8. The first-order chi connectivity index (χ1) is 13.0. The van der Waals surface area contributed by atoms with Crippen molar-refractivity contribution in [2.24, 2.45) is 5.92 Å². The molecular formula is C22H27N3O2. The van der Waals surface area contributed by atoms with E-state index in [2.05, 4.69) is 31.1 Å². The fraction of sp³-hybridized carbons (Fsp3) is 0.409. The van der Waals surface area contributed by atoms with Gasteiger partial charge in [-0.15, -0.1) is 0 Å². The molecule has 5 heteroatoms. The highest BCUT2D eigenvalue weighted by molar-refractivity contribution is 6.06. The Morgan fingerprint density at radius 1 is 1.19 bits per heavy atom. The lowest BCUT2D eigenvalue weighted by atomic mass is 9.99. The second-order valence-corrected chi connectivity index (χ2v) is 7.66. The van der Waals surface area contributed by atoms with E-state index in [0.717, 1.165) is 37.2 Å². The van der Waals surface area contributed by atoms with Gasteiger partial charge in [-0.3, -0.25) is 14.6 Å². The number of hydrogen-bond acceptors (Lipinski definition) is 3. The topological polar surface area (TPSA) is 62.3 Å². The number of hydrogen-bond donors (Lipinski definition) is 1. The smallest absolute Gasteiger partial charge is 0.257 e. The highest BCUT2D eigenvalue weighted by Crippen LogP contribution is 2.24. The number of nitrogens with zero attached hydrogens (tertiary/aromatic N) is 2. The van der Waals surface area contributed by atoms with Crippen LogP contribution in [-0.2, 0) is 0 Å². The minimum Gasteiger partial charge on any atom is -0.338 e. The third-order valence-electron chi connectivity index (χ3n) is 5.02. The lowest BCUT2D eigenvalue weighted by Crippen LogP contribution is -2.39. The minimum absolute atomic E-state index is 0.0497. The highest BCUT2D eigenvalue weighted by Gasteiger charge is 2.23. The molecule has 1 saturated heterocycles. The van der Waals surface area contributed by atoms with Crippen LogP contribution in [0.1, 0.15) is 65.8 Å². The summed E-state index contributed by atoms with van der Waals surface area (Å²) in [5.41, 5.74) is 2.73. The number of rotatable bonds is 4. The van der Waals surface area contributed by atoms with Crippen molar-refractivity contribution < 1.29 is 9.59 Å². The molecule has 1 aliphatic rings. The quantitative estimate of drug-likeness (QED) is 0.877. The van der Waals surface area contributed by atoms with E-state index >= 15 is 0 Å². The van der Waals surface area contributed by atoms with Gasteiger partial charge in [0.1, 0.15) is 0 Å². The molecule has 3 rings (SSSR count). The Labute approximate surface area is 160 Å². The zero-order valence-electron chi connectivity index (χ0n) is 16.2. The van der Waals surface area contributed by atoms with Gasteiger partial charge in [-0.1, -0.05) is 39.0 Å². The van der Waals surface area contributed by atoms with Crippen LogP contribution < -0.4 is 5.32 Å². The molecule has 1 aliphatic heterocycles. The second-order valence-electron chi connectivity index (χ2n) is 7.66. The van der Waals surface area contributed by atoms with E-state index in [4.69, 9.17) is 0 Å². The molecule has 27 heavy (non-hydrogen) atoms. The van der Waals surface area contributed by atoms with Gasteiger partial charge >= 0.3 is 0 Å². The van der Waals surface area contributed by atoms with Gasteiger partial charge in [0.15, 0.2) is 0 Å². The number of carbonyl (C=O) groups excluding carboxylic acids is 2. The number of anilines is 1. The summed E-state index contributed by atoms with van der Waals surface area (Å²) in [5.74, 6) is 0.506. The average molecular weight is 365 g/mol. The van der Waals surface area contributed by atoms with Crippen LogP contribution in [0.25, 0.3) is 0 Å². The van der Waals surface area contributed by atoms with Crippen molar-refractivity contribution >= 4 is 17.5 Å². The van der Waals surface area contributed by atoms with Gasteiger partial charge in [0.2, 0.25) is 0 Å². The third kappa shape index (κ3) is 4.54. The van der Waals surface area contributed by atoms with E-state index in [1.165, 1.54) is 6.20 Å². The van der Waals surface area contributed by atoms with E-state index in [1.54, 1.807) is 12.3 Å². The predicted molar refractivity (Wildman–Crippen MR) is 107 cm³/mol. The highest BCUT2D eigenvalue weighted by atomic mass is 16.2. The van der Waals surface area contributed by atoms with Gasteiger partial charge in [-0.25, -0.2) is 0 Å². The van der Waals surface area contributed by atoms with Crippen LogP contribution in [0, 0.1) is 5.92 Å². The first-order valence-electron chi connectivity index (χ1n) is 9.60. The fourth-order valence-electron chi connectivity index (χ4n) is 3.55. The fourth-order valence-corrected chi connectivity index (χ4v) is 3.55. The molecule has 0 saturated carbocycles. The maximum Gasteiger partial charge on any atom is 0.257 e. The molecule has 0 spiro atoms. The summed E-state index contributed by atoms with van der Waals surface area (Å²) in [6, 6.07) is 9.41. The molecule has 5 nitrogen and oxygen atoms in total. The van der Waals surface area contributed by atoms with Crippen LogP contribution in [-0.4, -0.2) is 34.8 Å². The van der Waals surface area contributed by atoms with E-state index < -0.39 is 0 Å². The van der Waals surface area contributed by atoms with Crippen LogP contribution >= 0.6 is 0 Å². The number of amides is 2. The summed E-state index contributed by atoms with van der Waals surface area (Å²) >= 11 is 0. The maximum atomic E-state index is 12.8. The third-order valence-corrected chi connectivity index (χ3v) is 5.02. The van der Waals surface area contributed by atoms with Gasteiger partial charge in [0, 0.05) is 31.2 Å². The standard InChI is InChI=1S/C22H27N3O2/c1-15(2)19-8-4-5-9-20(19)24-21(26)17-11-18(13-23-12-17)22(27)25-10-6-7-16(3)14-25/h4-5,8-9,11-13,15-16H,6-7,10,14H2,1-3H3,(H,24,26). The Morgan fingerprint density at radius 2 is 1.93 bits per heavy atom. The van der Waals surface area contributed by atoms with Gasteiger partial charge < -0.3 is 10.2 Å². The van der Waals surface area contributed by atoms with Gasteiger partial charge in [-0.05, 0) is 42.4 Å². The Morgan fingerprint density at radius 3 is 2.67 bits per heavy atom. The molecule has 1 N–H and O–H groups in total. The van der Waals surface area contributed by atoms with Crippen molar-refractivity contribution in [1.29, 1.82) is 0 Å². The number of carbonyl (C=O) groups is 2. The molecular weight excluding hydrogens is 338 g/mol. The van der Waals surface area contributed by atoms with Gasteiger partial charge in [0.05, 0.1) is 11.1 Å².